The van der Waals surface area contributed by atoms with Crippen molar-refractivity contribution in [2.24, 2.45) is 0 Å². The van der Waals surface area contributed by atoms with E-state index >= 15 is 0 Å². The second-order valence-electron chi connectivity index (χ2n) is 7.24. The molecule has 1 saturated heterocycles. The fourth-order valence-corrected chi connectivity index (χ4v) is 4.05. The van der Waals surface area contributed by atoms with Gasteiger partial charge < -0.3 is 4.90 Å². The number of hydrogen-bond acceptors (Lipinski definition) is 5. The first-order valence-corrected chi connectivity index (χ1v) is 9.76. The van der Waals surface area contributed by atoms with Crippen LogP contribution < -0.4 is 5.56 Å². The number of para-hydroxylation sites is 1. The predicted octanol–water partition coefficient (Wildman–Crippen LogP) is 2.19. The molecular weight excluding hydrogens is 368 g/mol. The fourth-order valence-electron chi connectivity index (χ4n) is 4.05. The average Bonchev–Trinajstić information content (AvgIpc) is 3.40. The molecule has 29 heavy (non-hydrogen) atoms. The number of rotatable bonds is 4. The number of carbonyl (C=O) groups excluding carboxylic acids is 1. The van der Waals surface area contributed by atoms with Gasteiger partial charge in [0.25, 0.3) is 5.56 Å². The normalized spacial score (nSPS) is 16.7. The van der Waals surface area contributed by atoms with Crippen molar-refractivity contribution < 1.29 is 4.79 Å². The first-order valence-electron chi connectivity index (χ1n) is 9.76. The maximum Gasteiger partial charge on any atom is 0.261 e. The Kier molecular flexibility index (Phi) is 4.31. The Balaban J connectivity index is 1.35. The molecule has 1 amide bonds. The van der Waals surface area contributed by atoms with Gasteiger partial charge in [-0.1, -0.05) is 18.2 Å². The molecular formula is C21H20N6O2. The molecule has 146 valence electrons. The average molecular weight is 388 g/mol. The summed E-state index contributed by atoms with van der Waals surface area (Å²) in [4.78, 5) is 31.8. The van der Waals surface area contributed by atoms with Crippen LogP contribution in [0.15, 0.2) is 59.8 Å². The highest BCUT2D eigenvalue weighted by Crippen LogP contribution is 2.31. The molecule has 1 fully saturated rings. The topological polar surface area (TPSA) is 85.4 Å². The van der Waals surface area contributed by atoms with Gasteiger partial charge in [0.15, 0.2) is 11.5 Å². The lowest BCUT2D eigenvalue weighted by Gasteiger charge is -2.23. The quantitative estimate of drug-likeness (QED) is 0.535. The van der Waals surface area contributed by atoms with Crippen LogP contribution in [-0.4, -0.2) is 41.5 Å². The maximum atomic E-state index is 13.0. The Morgan fingerprint density at radius 2 is 1.97 bits per heavy atom. The van der Waals surface area contributed by atoms with Crippen molar-refractivity contribution in [2.75, 3.05) is 6.54 Å². The molecule has 1 atom stereocenters. The van der Waals surface area contributed by atoms with Gasteiger partial charge in [-0.2, -0.15) is 0 Å². The van der Waals surface area contributed by atoms with E-state index in [1.807, 2.05) is 51.9 Å². The van der Waals surface area contributed by atoms with Crippen LogP contribution in [0.25, 0.3) is 16.6 Å². The van der Waals surface area contributed by atoms with Gasteiger partial charge >= 0.3 is 0 Å². The highest BCUT2D eigenvalue weighted by Gasteiger charge is 2.32. The molecule has 1 aliphatic rings. The summed E-state index contributed by atoms with van der Waals surface area (Å²) in [5.41, 5.74) is 1.32. The molecule has 0 N–H and O–H groups in total. The van der Waals surface area contributed by atoms with E-state index in [0.717, 1.165) is 24.3 Å². The second-order valence-corrected chi connectivity index (χ2v) is 7.24. The number of aromatic nitrogens is 5. The number of benzene rings is 1. The highest BCUT2D eigenvalue weighted by atomic mass is 16.2. The molecule has 0 saturated carbocycles. The number of likely N-dealkylation sites (tertiary alicyclic amines) is 1. The molecule has 4 aromatic rings. The van der Waals surface area contributed by atoms with Crippen molar-refractivity contribution in [3.05, 3.63) is 71.2 Å². The molecule has 0 unspecified atom stereocenters. The van der Waals surface area contributed by atoms with Gasteiger partial charge in [-0.25, -0.2) is 4.98 Å². The van der Waals surface area contributed by atoms with Crippen molar-refractivity contribution in [1.29, 1.82) is 0 Å². The number of pyridine rings is 1. The van der Waals surface area contributed by atoms with Gasteiger partial charge in [-0.05, 0) is 37.1 Å². The van der Waals surface area contributed by atoms with E-state index in [-0.39, 0.29) is 23.9 Å². The lowest BCUT2D eigenvalue weighted by Crippen LogP contribution is -2.33. The third-order valence-corrected chi connectivity index (χ3v) is 5.51. The number of amides is 1. The summed E-state index contributed by atoms with van der Waals surface area (Å²) in [7, 11) is 0. The zero-order valence-corrected chi connectivity index (χ0v) is 15.8. The predicted molar refractivity (Wildman–Crippen MR) is 107 cm³/mol. The zero-order valence-electron chi connectivity index (χ0n) is 15.8. The van der Waals surface area contributed by atoms with Crippen LogP contribution in [0.2, 0.25) is 0 Å². The van der Waals surface area contributed by atoms with E-state index < -0.39 is 0 Å². The third kappa shape index (κ3) is 3.06. The Morgan fingerprint density at radius 1 is 1.10 bits per heavy atom. The molecule has 8 heteroatoms. The molecule has 8 nitrogen and oxygen atoms in total. The van der Waals surface area contributed by atoms with E-state index in [0.29, 0.717) is 24.0 Å². The number of aryl methyl sites for hydroxylation is 1. The van der Waals surface area contributed by atoms with Crippen LogP contribution in [0.3, 0.4) is 0 Å². The van der Waals surface area contributed by atoms with Crippen molar-refractivity contribution in [1.82, 2.24) is 29.0 Å². The molecule has 0 aliphatic carbocycles. The fraction of sp³-hybridized carbons (Fsp3) is 0.286. The second kappa shape index (κ2) is 7.12. The smallest absolute Gasteiger partial charge is 0.261 e. The Hall–Kier alpha value is -3.55. The summed E-state index contributed by atoms with van der Waals surface area (Å²) in [6, 6.07) is 12.9. The number of carbonyl (C=O) groups is 1. The van der Waals surface area contributed by atoms with Crippen LogP contribution in [0, 0.1) is 0 Å². The van der Waals surface area contributed by atoms with Gasteiger partial charge in [0.05, 0.1) is 23.3 Å². The Morgan fingerprint density at radius 3 is 2.90 bits per heavy atom. The van der Waals surface area contributed by atoms with Crippen molar-refractivity contribution >= 4 is 22.5 Å². The van der Waals surface area contributed by atoms with Crippen LogP contribution in [0.1, 0.15) is 31.1 Å². The largest absolute Gasteiger partial charge is 0.332 e. The standard InChI is InChI=1S/C21H20N6O2/c28-19(10-13-25-14-22-16-7-2-1-6-15(16)21(25)29)26-12-5-8-17(26)20-24-23-18-9-3-4-11-27(18)20/h1-4,6-7,9,11,14,17H,5,8,10,12-13H2/t17-/m1/s1. The number of fused-ring (bicyclic) bond motifs is 2. The maximum absolute atomic E-state index is 13.0. The van der Waals surface area contributed by atoms with E-state index in [1.54, 1.807) is 6.07 Å². The molecule has 4 heterocycles. The minimum absolute atomic E-state index is 0.0141. The van der Waals surface area contributed by atoms with Crippen molar-refractivity contribution in [3.63, 3.8) is 0 Å². The van der Waals surface area contributed by atoms with Gasteiger partial charge in [0.2, 0.25) is 5.91 Å². The minimum atomic E-state index is -0.121. The zero-order chi connectivity index (χ0) is 19.8. The van der Waals surface area contributed by atoms with Gasteiger partial charge in [0.1, 0.15) is 0 Å². The molecule has 0 bridgehead atoms. The van der Waals surface area contributed by atoms with Crippen LogP contribution in [0.4, 0.5) is 0 Å². The monoisotopic (exact) mass is 388 g/mol. The number of hydrogen-bond donors (Lipinski definition) is 0. The SMILES string of the molecule is O=C(CCn1cnc2ccccc2c1=O)N1CCC[C@@H]1c1nnc2ccccn12. The third-order valence-electron chi connectivity index (χ3n) is 5.51. The van der Waals surface area contributed by atoms with Gasteiger partial charge in [0, 0.05) is 25.7 Å². The van der Waals surface area contributed by atoms with Gasteiger partial charge in [-0.3, -0.25) is 18.6 Å². The molecule has 3 aromatic heterocycles. The summed E-state index contributed by atoms with van der Waals surface area (Å²) in [6.45, 7) is 0.995. The van der Waals surface area contributed by atoms with E-state index in [4.69, 9.17) is 0 Å². The molecule has 0 spiro atoms. The van der Waals surface area contributed by atoms with Crippen LogP contribution in [-0.2, 0) is 11.3 Å². The van der Waals surface area contributed by atoms with Crippen molar-refractivity contribution in [3.8, 4) is 0 Å². The lowest BCUT2D eigenvalue weighted by atomic mass is 10.2. The number of nitrogens with zero attached hydrogens (tertiary/aromatic N) is 6. The first-order chi connectivity index (χ1) is 14.2. The van der Waals surface area contributed by atoms with Crippen molar-refractivity contribution in [2.45, 2.75) is 31.8 Å². The summed E-state index contributed by atoms with van der Waals surface area (Å²) < 4.78 is 3.45. The highest BCUT2D eigenvalue weighted by molar-refractivity contribution is 5.78. The van der Waals surface area contributed by atoms with E-state index in [9.17, 15) is 9.59 Å². The molecule has 0 radical (unpaired) electrons. The first kappa shape index (κ1) is 17.5. The van der Waals surface area contributed by atoms with Crippen LogP contribution in [0.5, 0.6) is 0 Å². The lowest BCUT2D eigenvalue weighted by molar-refractivity contribution is -0.132. The molecule has 1 aliphatic heterocycles. The van der Waals surface area contributed by atoms with Gasteiger partial charge in [-0.15, -0.1) is 10.2 Å². The summed E-state index contributed by atoms with van der Waals surface area (Å²) in [5, 5.41) is 9.11. The summed E-state index contributed by atoms with van der Waals surface area (Å²) in [5.74, 6) is 0.802. The van der Waals surface area contributed by atoms with E-state index in [1.165, 1.54) is 10.9 Å². The minimum Gasteiger partial charge on any atom is -0.332 e. The summed E-state index contributed by atoms with van der Waals surface area (Å²) in [6.07, 6.45) is 5.47. The molecule has 5 rings (SSSR count). The Bertz CT molecular complexity index is 1260. The summed E-state index contributed by atoms with van der Waals surface area (Å²) >= 11 is 0. The van der Waals surface area contributed by atoms with E-state index in [2.05, 4.69) is 15.2 Å². The van der Waals surface area contributed by atoms with Crippen LogP contribution >= 0.6 is 0 Å². The molecule has 1 aromatic carbocycles. The Labute approximate surface area is 166 Å².